The summed E-state index contributed by atoms with van der Waals surface area (Å²) in [7, 11) is 1.47. The molecule has 0 aromatic heterocycles. The van der Waals surface area contributed by atoms with Gasteiger partial charge in [-0.25, -0.2) is 0 Å². The highest BCUT2D eigenvalue weighted by atomic mass is 16.6. The van der Waals surface area contributed by atoms with E-state index in [1.807, 2.05) is 0 Å². The van der Waals surface area contributed by atoms with Crippen LogP contribution >= 0.6 is 0 Å². The maximum Gasteiger partial charge on any atom is 0.276 e. The number of rotatable bonds is 5. The van der Waals surface area contributed by atoms with Crippen LogP contribution in [-0.4, -0.2) is 24.7 Å². The van der Waals surface area contributed by atoms with Gasteiger partial charge in [0.25, 0.3) is 5.69 Å². The predicted octanol–water partition coefficient (Wildman–Crippen LogP) is 1.72. The molecule has 0 spiro atoms. The largest absolute Gasteiger partial charge is 0.496 e. The number of nitrogens with zero attached hydrogens (tertiary/aromatic N) is 1. The monoisotopic (exact) mass is 252 g/mol. The Morgan fingerprint density at radius 2 is 2.06 bits per heavy atom. The summed E-state index contributed by atoms with van der Waals surface area (Å²) >= 11 is 0. The Bertz CT molecular complexity index is 444. The van der Waals surface area contributed by atoms with Gasteiger partial charge in [-0.3, -0.25) is 10.1 Å². The van der Waals surface area contributed by atoms with Gasteiger partial charge in [-0.1, -0.05) is 0 Å². The van der Waals surface area contributed by atoms with E-state index >= 15 is 0 Å². The normalized spacial score (nSPS) is 22.1. The molecule has 1 aromatic rings. The fourth-order valence-electron chi connectivity index (χ4n) is 2.00. The number of hydrogen-bond donors (Lipinski definition) is 1. The molecule has 0 bridgehead atoms. The molecule has 1 aromatic carbocycles. The van der Waals surface area contributed by atoms with Crippen molar-refractivity contribution in [1.29, 1.82) is 0 Å². The molecule has 18 heavy (non-hydrogen) atoms. The Hall–Kier alpha value is -1.82. The zero-order valence-corrected chi connectivity index (χ0v) is 10.2. The SMILES string of the molecule is COc1cc(OC2CC(CN)C2)cc([N+](=O)[O-])c1. The van der Waals surface area contributed by atoms with Crippen molar-refractivity contribution >= 4 is 5.69 Å². The second kappa shape index (κ2) is 5.22. The Balaban J connectivity index is 2.08. The van der Waals surface area contributed by atoms with Crippen LogP contribution in [0.25, 0.3) is 0 Å². The first kappa shape index (κ1) is 12.6. The summed E-state index contributed by atoms with van der Waals surface area (Å²) in [6, 6.07) is 4.44. The van der Waals surface area contributed by atoms with Crippen molar-refractivity contribution in [2.45, 2.75) is 18.9 Å². The van der Waals surface area contributed by atoms with Gasteiger partial charge in [0.05, 0.1) is 30.3 Å². The van der Waals surface area contributed by atoms with E-state index in [4.69, 9.17) is 15.2 Å². The van der Waals surface area contributed by atoms with Gasteiger partial charge in [-0.15, -0.1) is 0 Å². The Morgan fingerprint density at radius 1 is 1.39 bits per heavy atom. The van der Waals surface area contributed by atoms with Gasteiger partial charge in [-0.05, 0) is 25.3 Å². The highest BCUT2D eigenvalue weighted by Gasteiger charge is 2.30. The molecule has 1 aliphatic carbocycles. The number of benzene rings is 1. The summed E-state index contributed by atoms with van der Waals surface area (Å²) in [5.74, 6) is 1.41. The van der Waals surface area contributed by atoms with E-state index in [2.05, 4.69) is 0 Å². The molecular weight excluding hydrogens is 236 g/mol. The third kappa shape index (κ3) is 2.70. The van der Waals surface area contributed by atoms with Gasteiger partial charge >= 0.3 is 0 Å². The summed E-state index contributed by atoms with van der Waals surface area (Å²) in [5.41, 5.74) is 5.51. The second-order valence-electron chi connectivity index (χ2n) is 4.44. The Kier molecular flexibility index (Phi) is 3.66. The van der Waals surface area contributed by atoms with Crippen LogP contribution in [0.5, 0.6) is 11.5 Å². The number of nitrogens with two attached hydrogens (primary N) is 1. The lowest BCUT2D eigenvalue weighted by Gasteiger charge is -2.34. The third-order valence-electron chi connectivity index (χ3n) is 3.14. The maximum absolute atomic E-state index is 10.8. The smallest absolute Gasteiger partial charge is 0.276 e. The van der Waals surface area contributed by atoms with Crippen molar-refractivity contribution in [3.8, 4) is 11.5 Å². The molecule has 6 nitrogen and oxygen atoms in total. The van der Waals surface area contributed by atoms with E-state index in [0.717, 1.165) is 12.8 Å². The highest BCUT2D eigenvalue weighted by Crippen LogP contribution is 2.33. The zero-order chi connectivity index (χ0) is 13.1. The molecule has 0 saturated heterocycles. The summed E-state index contributed by atoms with van der Waals surface area (Å²) < 4.78 is 10.7. The topological polar surface area (TPSA) is 87.6 Å². The average molecular weight is 252 g/mol. The molecule has 98 valence electrons. The van der Waals surface area contributed by atoms with Crippen LogP contribution in [0.3, 0.4) is 0 Å². The number of methoxy groups -OCH3 is 1. The van der Waals surface area contributed by atoms with Crippen molar-refractivity contribution in [2.75, 3.05) is 13.7 Å². The first-order valence-electron chi connectivity index (χ1n) is 5.82. The van der Waals surface area contributed by atoms with E-state index in [-0.39, 0.29) is 11.8 Å². The van der Waals surface area contributed by atoms with E-state index in [1.54, 1.807) is 6.07 Å². The number of nitro benzene ring substituents is 1. The zero-order valence-electron chi connectivity index (χ0n) is 10.2. The predicted molar refractivity (Wildman–Crippen MR) is 65.8 cm³/mol. The molecule has 0 amide bonds. The molecule has 1 saturated carbocycles. The lowest BCUT2D eigenvalue weighted by molar-refractivity contribution is -0.385. The molecule has 2 N–H and O–H groups in total. The quantitative estimate of drug-likeness (QED) is 0.636. The summed E-state index contributed by atoms with van der Waals surface area (Å²) in [6.45, 7) is 0.665. The van der Waals surface area contributed by atoms with E-state index in [9.17, 15) is 10.1 Å². The molecule has 0 radical (unpaired) electrons. The van der Waals surface area contributed by atoms with Crippen molar-refractivity contribution in [1.82, 2.24) is 0 Å². The van der Waals surface area contributed by atoms with Crippen molar-refractivity contribution in [3.63, 3.8) is 0 Å². The van der Waals surface area contributed by atoms with Gasteiger partial charge in [0.2, 0.25) is 0 Å². The molecule has 0 atom stereocenters. The molecule has 0 heterocycles. The number of non-ortho nitro benzene ring substituents is 1. The lowest BCUT2D eigenvalue weighted by atomic mass is 9.82. The van der Waals surface area contributed by atoms with Gasteiger partial charge in [0.15, 0.2) is 0 Å². The van der Waals surface area contributed by atoms with Crippen molar-refractivity contribution in [3.05, 3.63) is 28.3 Å². The molecule has 6 heteroatoms. The minimum atomic E-state index is -0.459. The Labute approximate surface area is 105 Å². The molecule has 2 rings (SSSR count). The van der Waals surface area contributed by atoms with Gasteiger partial charge in [0, 0.05) is 6.07 Å². The Morgan fingerprint density at radius 3 is 2.61 bits per heavy atom. The molecule has 1 aliphatic rings. The van der Waals surface area contributed by atoms with Gasteiger partial charge in [-0.2, -0.15) is 0 Å². The standard InChI is InChI=1S/C12H16N2O4/c1-17-10-4-9(14(15)16)5-12(6-10)18-11-2-8(3-11)7-13/h4-6,8,11H,2-3,7,13H2,1H3. The fraction of sp³-hybridized carbons (Fsp3) is 0.500. The average Bonchev–Trinajstić information content (AvgIpc) is 2.32. The first-order valence-corrected chi connectivity index (χ1v) is 5.82. The molecular formula is C12H16N2O4. The second-order valence-corrected chi connectivity index (χ2v) is 4.44. The van der Waals surface area contributed by atoms with Crippen LogP contribution in [0.4, 0.5) is 5.69 Å². The van der Waals surface area contributed by atoms with Crippen molar-refractivity contribution in [2.24, 2.45) is 11.7 Å². The number of hydrogen-bond acceptors (Lipinski definition) is 5. The van der Waals surface area contributed by atoms with Crippen LogP contribution in [0.1, 0.15) is 12.8 Å². The van der Waals surface area contributed by atoms with E-state index in [0.29, 0.717) is 24.0 Å². The first-order chi connectivity index (χ1) is 8.62. The lowest BCUT2D eigenvalue weighted by Crippen LogP contribution is -2.37. The highest BCUT2D eigenvalue weighted by molar-refractivity contribution is 5.46. The minimum absolute atomic E-state index is 0.0287. The van der Waals surface area contributed by atoms with Crippen molar-refractivity contribution < 1.29 is 14.4 Å². The maximum atomic E-state index is 10.8. The number of nitro groups is 1. The van der Waals surface area contributed by atoms with Crippen LogP contribution in [0.2, 0.25) is 0 Å². The van der Waals surface area contributed by atoms with Crippen LogP contribution < -0.4 is 15.2 Å². The number of ether oxygens (including phenoxy) is 2. The summed E-state index contributed by atoms with van der Waals surface area (Å²) in [4.78, 5) is 10.3. The van der Waals surface area contributed by atoms with Crippen LogP contribution in [0, 0.1) is 16.0 Å². The van der Waals surface area contributed by atoms with E-state index < -0.39 is 4.92 Å². The van der Waals surface area contributed by atoms with Crippen LogP contribution in [-0.2, 0) is 0 Å². The summed E-state index contributed by atoms with van der Waals surface area (Å²) in [6.07, 6.45) is 1.91. The third-order valence-corrected chi connectivity index (χ3v) is 3.14. The molecule has 0 unspecified atom stereocenters. The summed E-state index contributed by atoms with van der Waals surface area (Å²) in [5, 5.41) is 10.8. The molecule has 0 aliphatic heterocycles. The van der Waals surface area contributed by atoms with Crippen LogP contribution in [0.15, 0.2) is 18.2 Å². The molecule has 1 fully saturated rings. The fourth-order valence-corrected chi connectivity index (χ4v) is 2.00. The van der Waals surface area contributed by atoms with Gasteiger partial charge < -0.3 is 15.2 Å². The minimum Gasteiger partial charge on any atom is -0.496 e. The van der Waals surface area contributed by atoms with E-state index in [1.165, 1.54) is 19.2 Å². The van der Waals surface area contributed by atoms with Gasteiger partial charge in [0.1, 0.15) is 11.5 Å².